The molecule has 0 aliphatic carbocycles. The summed E-state index contributed by atoms with van der Waals surface area (Å²) in [6.07, 6.45) is 0.524. The number of ether oxygens (including phenoxy) is 3. The monoisotopic (exact) mass is 493 g/mol. The van der Waals surface area contributed by atoms with E-state index in [2.05, 4.69) is 4.98 Å². The number of hydrogen-bond acceptors (Lipinski definition) is 8. The van der Waals surface area contributed by atoms with Crippen LogP contribution in [0.25, 0.3) is 0 Å². The summed E-state index contributed by atoms with van der Waals surface area (Å²) >= 11 is 0. The molecule has 2 rings (SSSR count). The van der Waals surface area contributed by atoms with Crippen molar-refractivity contribution in [1.82, 2.24) is 14.8 Å². The van der Waals surface area contributed by atoms with Gasteiger partial charge in [0.25, 0.3) is 5.91 Å². The number of likely N-dealkylation sites (N-methyl/N-ethyl adjacent to an activating group) is 1. The molecule has 0 aromatic carbocycles. The van der Waals surface area contributed by atoms with Gasteiger partial charge < -0.3 is 24.0 Å². The minimum absolute atomic E-state index is 0.250. The zero-order chi connectivity index (χ0) is 26.5. The normalized spacial score (nSPS) is 16.5. The summed E-state index contributed by atoms with van der Waals surface area (Å²) < 4.78 is 15.7. The van der Waals surface area contributed by atoms with Crippen LogP contribution in [0.1, 0.15) is 60.1 Å². The second-order valence-electron chi connectivity index (χ2n) is 8.34. The highest BCUT2D eigenvalue weighted by Gasteiger charge is 2.40. The number of amides is 2. The van der Waals surface area contributed by atoms with E-state index < -0.39 is 42.4 Å². The number of rotatable bonds is 9. The Labute approximate surface area is 207 Å². The third-order valence-corrected chi connectivity index (χ3v) is 5.24. The second kappa shape index (κ2) is 15.0. The predicted molar refractivity (Wildman–Crippen MR) is 129 cm³/mol. The first-order valence-electron chi connectivity index (χ1n) is 12.1. The lowest BCUT2D eigenvalue weighted by Crippen LogP contribution is -2.49. The average Bonchev–Trinajstić information content (AvgIpc) is 3.32. The van der Waals surface area contributed by atoms with E-state index in [0.29, 0.717) is 32.4 Å². The van der Waals surface area contributed by atoms with Gasteiger partial charge in [-0.2, -0.15) is 0 Å². The molecule has 1 aliphatic rings. The van der Waals surface area contributed by atoms with Gasteiger partial charge in [0, 0.05) is 52.3 Å². The van der Waals surface area contributed by atoms with E-state index in [4.69, 9.17) is 14.2 Å². The van der Waals surface area contributed by atoms with Gasteiger partial charge in [-0.15, -0.1) is 0 Å². The molecule has 3 atom stereocenters. The molecule has 10 heteroatoms. The van der Waals surface area contributed by atoms with E-state index in [1.807, 2.05) is 32.0 Å². The van der Waals surface area contributed by atoms with Crippen molar-refractivity contribution in [2.75, 3.05) is 20.1 Å². The van der Waals surface area contributed by atoms with Crippen molar-refractivity contribution >= 4 is 23.9 Å². The fraction of sp³-hybridized carbons (Fsp3) is 0.640. The minimum Gasteiger partial charge on any atom is -0.452 e. The molecule has 0 radical (unpaired) electrons. The number of hydrogen-bond donors (Lipinski definition) is 0. The van der Waals surface area contributed by atoms with Crippen molar-refractivity contribution in [3.8, 4) is 0 Å². The van der Waals surface area contributed by atoms with Crippen LogP contribution in [-0.2, 0) is 35.0 Å². The van der Waals surface area contributed by atoms with Crippen LogP contribution in [-0.4, -0.2) is 77.3 Å². The highest BCUT2D eigenvalue weighted by atomic mass is 16.7. The van der Waals surface area contributed by atoms with Crippen molar-refractivity contribution in [3.05, 3.63) is 30.1 Å². The fourth-order valence-corrected chi connectivity index (χ4v) is 3.51. The number of likely N-dealkylation sites (tertiary alicyclic amines) is 1. The van der Waals surface area contributed by atoms with Crippen LogP contribution in [0.5, 0.6) is 0 Å². The maximum atomic E-state index is 12.9. The Hall–Kier alpha value is -3.17. The zero-order valence-electron chi connectivity index (χ0n) is 21.9. The SMILES string of the molecule is CC.CC(=O)O[C@@H](C(=O)N1CCC[C@H]1C(=O)OC(C)OC(=O)N(C)CCc1ccccn1)C(C)C. The van der Waals surface area contributed by atoms with Crippen molar-refractivity contribution < 1.29 is 33.4 Å². The third kappa shape index (κ3) is 9.54. The van der Waals surface area contributed by atoms with Gasteiger partial charge in [-0.1, -0.05) is 33.8 Å². The maximum absolute atomic E-state index is 12.9. The molecule has 0 spiro atoms. The predicted octanol–water partition coefficient (Wildman–Crippen LogP) is 3.19. The molecule has 0 bridgehead atoms. The first-order valence-corrected chi connectivity index (χ1v) is 12.1. The Morgan fingerprint density at radius 1 is 1.11 bits per heavy atom. The summed E-state index contributed by atoms with van der Waals surface area (Å²) in [7, 11) is 1.58. The Morgan fingerprint density at radius 3 is 2.37 bits per heavy atom. The molecule has 10 nitrogen and oxygen atoms in total. The maximum Gasteiger partial charge on any atom is 0.412 e. The second-order valence-corrected chi connectivity index (χ2v) is 8.34. The molecule has 1 aromatic rings. The van der Waals surface area contributed by atoms with Crippen molar-refractivity contribution in [1.29, 1.82) is 0 Å². The Bertz CT molecular complexity index is 832. The van der Waals surface area contributed by atoms with Gasteiger partial charge >= 0.3 is 18.0 Å². The van der Waals surface area contributed by atoms with Crippen LogP contribution < -0.4 is 0 Å². The molecular weight excluding hydrogens is 454 g/mol. The molecule has 196 valence electrons. The average molecular weight is 494 g/mol. The Balaban J connectivity index is 0.00000298. The molecule has 1 unspecified atom stereocenters. The van der Waals surface area contributed by atoms with Gasteiger partial charge in [-0.05, 0) is 30.9 Å². The zero-order valence-corrected chi connectivity index (χ0v) is 21.9. The third-order valence-electron chi connectivity index (χ3n) is 5.24. The van der Waals surface area contributed by atoms with E-state index in [0.717, 1.165) is 5.69 Å². The lowest BCUT2D eigenvalue weighted by Gasteiger charge is -2.29. The van der Waals surface area contributed by atoms with Gasteiger partial charge in [0.15, 0.2) is 6.10 Å². The molecule has 1 fully saturated rings. The van der Waals surface area contributed by atoms with Crippen LogP contribution >= 0.6 is 0 Å². The van der Waals surface area contributed by atoms with E-state index in [9.17, 15) is 19.2 Å². The summed E-state index contributed by atoms with van der Waals surface area (Å²) in [5.74, 6) is -1.91. The first-order chi connectivity index (χ1) is 16.6. The van der Waals surface area contributed by atoms with Crippen molar-refractivity contribution in [2.24, 2.45) is 5.92 Å². The highest BCUT2D eigenvalue weighted by Crippen LogP contribution is 2.23. The summed E-state index contributed by atoms with van der Waals surface area (Å²) in [5.41, 5.74) is 0.844. The van der Waals surface area contributed by atoms with Gasteiger partial charge in [0.1, 0.15) is 6.04 Å². The number of carbonyl (C=O) groups is 4. The molecule has 0 N–H and O–H groups in total. The van der Waals surface area contributed by atoms with Crippen LogP contribution in [0.4, 0.5) is 4.79 Å². The van der Waals surface area contributed by atoms with Crippen LogP contribution in [0.3, 0.4) is 0 Å². The first kappa shape index (κ1) is 29.9. The lowest BCUT2D eigenvalue weighted by atomic mass is 10.1. The topological polar surface area (TPSA) is 115 Å². The number of esters is 2. The summed E-state index contributed by atoms with van der Waals surface area (Å²) in [5, 5.41) is 0. The van der Waals surface area contributed by atoms with E-state index in [-0.39, 0.29) is 5.92 Å². The smallest absolute Gasteiger partial charge is 0.412 e. The summed E-state index contributed by atoms with van der Waals surface area (Å²) in [6, 6.07) is 4.73. The molecule has 35 heavy (non-hydrogen) atoms. The lowest BCUT2D eigenvalue weighted by molar-refractivity contribution is -0.175. The summed E-state index contributed by atoms with van der Waals surface area (Å²) in [6.45, 7) is 10.9. The number of nitrogens with zero attached hydrogens (tertiary/aromatic N) is 3. The molecule has 1 aromatic heterocycles. The molecular formula is C25H39N3O7. The molecule has 2 amide bonds. The van der Waals surface area contributed by atoms with Crippen LogP contribution in [0.15, 0.2) is 24.4 Å². The number of pyridine rings is 1. The van der Waals surface area contributed by atoms with Gasteiger partial charge in [0.2, 0.25) is 6.29 Å². The Morgan fingerprint density at radius 2 is 1.80 bits per heavy atom. The summed E-state index contributed by atoms with van der Waals surface area (Å²) in [4.78, 5) is 56.3. The minimum atomic E-state index is -1.13. The quantitative estimate of drug-likeness (QED) is 0.380. The standard InChI is InChI=1S/C23H33N3O7.C2H6/c1-15(2)20(31-16(3)27)21(28)26-13-8-10-19(26)22(29)32-17(4)33-23(30)25(5)14-11-18-9-6-7-12-24-18;1-2/h6-7,9,12,15,17,19-20H,8,10-11,13-14H2,1-5H3;1-2H3/t17?,19-,20+;/m0./s1. The fourth-order valence-electron chi connectivity index (χ4n) is 3.51. The Kier molecular flexibility index (Phi) is 12.8. The highest BCUT2D eigenvalue weighted by molar-refractivity contribution is 5.89. The van der Waals surface area contributed by atoms with Crippen LogP contribution in [0, 0.1) is 5.92 Å². The van der Waals surface area contributed by atoms with Gasteiger partial charge in [0.05, 0.1) is 0 Å². The molecule has 1 aliphatic heterocycles. The van der Waals surface area contributed by atoms with E-state index >= 15 is 0 Å². The van der Waals surface area contributed by atoms with Crippen molar-refractivity contribution in [2.45, 2.75) is 79.2 Å². The van der Waals surface area contributed by atoms with Crippen molar-refractivity contribution in [3.63, 3.8) is 0 Å². The van der Waals surface area contributed by atoms with E-state index in [1.54, 1.807) is 27.1 Å². The van der Waals surface area contributed by atoms with Gasteiger partial charge in [-0.3, -0.25) is 14.6 Å². The molecule has 2 heterocycles. The van der Waals surface area contributed by atoms with E-state index in [1.165, 1.54) is 23.6 Å². The van der Waals surface area contributed by atoms with Gasteiger partial charge in [-0.25, -0.2) is 9.59 Å². The van der Waals surface area contributed by atoms with Crippen LogP contribution in [0.2, 0.25) is 0 Å². The molecule has 0 saturated carbocycles. The molecule has 1 saturated heterocycles. The largest absolute Gasteiger partial charge is 0.452 e. The number of carbonyl (C=O) groups excluding carboxylic acids is 4. The number of aromatic nitrogens is 1.